The van der Waals surface area contributed by atoms with Gasteiger partial charge in [0, 0.05) is 25.2 Å². The highest BCUT2D eigenvalue weighted by atomic mass is 16.3. The van der Waals surface area contributed by atoms with Crippen molar-refractivity contribution in [1.82, 2.24) is 15.1 Å². The van der Waals surface area contributed by atoms with Gasteiger partial charge in [-0.15, -0.1) is 0 Å². The van der Waals surface area contributed by atoms with E-state index in [0.29, 0.717) is 12.6 Å². The van der Waals surface area contributed by atoms with Gasteiger partial charge in [-0.1, -0.05) is 13.8 Å². The van der Waals surface area contributed by atoms with Crippen molar-refractivity contribution in [3.05, 3.63) is 0 Å². The summed E-state index contributed by atoms with van der Waals surface area (Å²) in [7, 11) is 4.08. The number of urea groups is 1. The van der Waals surface area contributed by atoms with E-state index in [0.717, 1.165) is 19.4 Å². The maximum atomic E-state index is 12.2. The molecule has 1 atom stereocenters. The molecule has 1 unspecified atom stereocenters. The molecule has 112 valence electrons. The van der Waals surface area contributed by atoms with E-state index in [-0.39, 0.29) is 24.1 Å². The van der Waals surface area contributed by atoms with Crippen molar-refractivity contribution in [2.45, 2.75) is 45.7 Å². The summed E-state index contributed by atoms with van der Waals surface area (Å²) in [6.45, 7) is 7.73. The first-order valence-electron chi connectivity index (χ1n) is 7.10. The molecule has 5 heteroatoms. The van der Waals surface area contributed by atoms with Gasteiger partial charge in [0.05, 0.1) is 6.61 Å². The number of carbonyl (C=O) groups is 1. The minimum absolute atomic E-state index is 0.00754. The average Bonchev–Trinajstić information content (AvgIpc) is 3.07. The summed E-state index contributed by atoms with van der Waals surface area (Å²) in [6, 6.07) is 0.370. The van der Waals surface area contributed by atoms with Crippen LogP contribution in [0.2, 0.25) is 0 Å². The lowest BCUT2D eigenvalue weighted by atomic mass is 9.85. The Hall–Kier alpha value is -0.810. The van der Waals surface area contributed by atoms with Gasteiger partial charge < -0.3 is 20.2 Å². The van der Waals surface area contributed by atoms with Crippen molar-refractivity contribution in [2.75, 3.05) is 33.8 Å². The predicted molar refractivity (Wildman–Crippen MR) is 77.1 cm³/mol. The summed E-state index contributed by atoms with van der Waals surface area (Å²) < 4.78 is 0. The summed E-state index contributed by atoms with van der Waals surface area (Å²) in [5.41, 5.74) is 0.00754. The molecule has 0 aliphatic heterocycles. The zero-order valence-corrected chi connectivity index (χ0v) is 12.9. The second kappa shape index (κ2) is 6.57. The van der Waals surface area contributed by atoms with Crippen molar-refractivity contribution in [2.24, 2.45) is 5.41 Å². The lowest BCUT2D eigenvalue weighted by Crippen LogP contribution is -2.52. The van der Waals surface area contributed by atoms with Crippen LogP contribution < -0.4 is 5.32 Å². The van der Waals surface area contributed by atoms with Crippen molar-refractivity contribution < 1.29 is 9.90 Å². The first kappa shape index (κ1) is 16.2. The Morgan fingerprint density at radius 1 is 1.42 bits per heavy atom. The third-order valence-corrected chi connectivity index (χ3v) is 3.83. The van der Waals surface area contributed by atoms with Crippen molar-refractivity contribution in [1.29, 1.82) is 0 Å². The number of amides is 2. The lowest BCUT2D eigenvalue weighted by Gasteiger charge is -2.36. The number of nitrogens with one attached hydrogen (secondary N) is 1. The summed E-state index contributed by atoms with van der Waals surface area (Å²) in [5, 5.41) is 12.1. The SMILES string of the molecule is CC(NC(=O)N(CCO)C1CC1)C(C)(C)CN(C)C. The van der Waals surface area contributed by atoms with Gasteiger partial charge in [0.15, 0.2) is 0 Å². The fourth-order valence-corrected chi connectivity index (χ4v) is 2.36. The van der Waals surface area contributed by atoms with Gasteiger partial charge in [0.1, 0.15) is 0 Å². The van der Waals surface area contributed by atoms with Crippen LogP contribution in [0.4, 0.5) is 4.79 Å². The van der Waals surface area contributed by atoms with Gasteiger partial charge in [0.2, 0.25) is 0 Å². The fourth-order valence-electron chi connectivity index (χ4n) is 2.36. The highest BCUT2D eigenvalue weighted by Crippen LogP contribution is 2.27. The third-order valence-electron chi connectivity index (χ3n) is 3.83. The Kier molecular flexibility index (Phi) is 5.62. The van der Waals surface area contributed by atoms with E-state index < -0.39 is 0 Å². The molecular weight excluding hydrogens is 242 g/mol. The normalized spacial score (nSPS) is 17.4. The Balaban J connectivity index is 2.54. The number of nitrogens with zero attached hydrogens (tertiary/aromatic N) is 2. The lowest BCUT2D eigenvalue weighted by molar-refractivity contribution is 0.149. The Morgan fingerprint density at radius 3 is 2.42 bits per heavy atom. The fraction of sp³-hybridized carbons (Fsp3) is 0.929. The minimum atomic E-state index is -0.0455. The van der Waals surface area contributed by atoms with Crippen LogP contribution in [0.15, 0.2) is 0 Å². The van der Waals surface area contributed by atoms with E-state index >= 15 is 0 Å². The zero-order chi connectivity index (χ0) is 14.6. The zero-order valence-electron chi connectivity index (χ0n) is 12.9. The molecule has 0 aromatic heterocycles. The van der Waals surface area contributed by atoms with Gasteiger partial charge in [-0.05, 0) is 39.3 Å². The second-order valence-electron chi connectivity index (χ2n) is 6.55. The molecule has 0 aromatic carbocycles. The molecule has 0 bridgehead atoms. The highest BCUT2D eigenvalue weighted by Gasteiger charge is 2.34. The van der Waals surface area contributed by atoms with Crippen LogP contribution in [0.3, 0.4) is 0 Å². The molecule has 1 fully saturated rings. The van der Waals surface area contributed by atoms with Crippen LogP contribution in [0.5, 0.6) is 0 Å². The largest absolute Gasteiger partial charge is 0.395 e. The van der Waals surface area contributed by atoms with Crippen molar-refractivity contribution in [3.63, 3.8) is 0 Å². The summed E-state index contributed by atoms with van der Waals surface area (Å²) in [4.78, 5) is 16.1. The molecular formula is C14H29N3O2. The molecule has 2 amide bonds. The number of aliphatic hydroxyl groups is 1. The molecule has 0 spiro atoms. The standard InChI is InChI=1S/C14H29N3O2/c1-11(14(2,3)10-16(4)5)15-13(19)17(8-9-18)12-6-7-12/h11-12,18H,6-10H2,1-5H3,(H,15,19). The first-order chi connectivity index (χ1) is 8.77. The number of aliphatic hydroxyl groups excluding tert-OH is 1. The number of hydrogen-bond acceptors (Lipinski definition) is 3. The predicted octanol–water partition coefficient (Wildman–Crippen LogP) is 1.13. The molecule has 1 saturated carbocycles. The van der Waals surface area contributed by atoms with E-state index in [1.165, 1.54) is 0 Å². The topological polar surface area (TPSA) is 55.8 Å². The van der Waals surface area contributed by atoms with E-state index in [1.807, 2.05) is 21.0 Å². The number of carbonyl (C=O) groups excluding carboxylic acids is 1. The molecule has 5 nitrogen and oxygen atoms in total. The molecule has 19 heavy (non-hydrogen) atoms. The quantitative estimate of drug-likeness (QED) is 0.730. The maximum absolute atomic E-state index is 12.2. The number of rotatable bonds is 7. The molecule has 1 rings (SSSR count). The van der Waals surface area contributed by atoms with Crippen LogP contribution in [0.25, 0.3) is 0 Å². The maximum Gasteiger partial charge on any atom is 0.317 e. The molecule has 2 N–H and O–H groups in total. The summed E-state index contributed by atoms with van der Waals surface area (Å²) in [5.74, 6) is 0. The van der Waals surface area contributed by atoms with Crippen LogP contribution in [-0.4, -0.2) is 66.8 Å². The Labute approximate surface area is 117 Å². The highest BCUT2D eigenvalue weighted by molar-refractivity contribution is 5.75. The van der Waals surface area contributed by atoms with Crippen molar-refractivity contribution >= 4 is 6.03 Å². The molecule has 0 radical (unpaired) electrons. The van der Waals surface area contributed by atoms with Crippen LogP contribution in [-0.2, 0) is 0 Å². The van der Waals surface area contributed by atoms with Crippen LogP contribution >= 0.6 is 0 Å². The van der Waals surface area contributed by atoms with E-state index in [1.54, 1.807) is 4.90 Å². The Bertz CT molecular complexity index is 301. The second-order valence-corrected chi connectivity index (χ2v) is 6.55. The summed E-state index contributed by atoms with van der Waals surface area (Å²) >= 11 is 0. The monoisotopic (exact) mass is 271 g/mol. The molecule has 0 aromatic rings. The molecule has 1 aliphatic rings. The smallest absolute Gasteiger partial charge is 0.317 e. The van der Waals surface area contributed by atoms with E-state index in [9.17, 15) is 4.79 Å². The Morgan fingerprint density at radius 2 is 2.00 bits per heavy atom. The summed E-state index contributed by atoms with van der Waals surface area (Å²) in [6.07, 6.45) is 2.12. The van der Waals surface area contributed by atoms with E-state index in [4.69, 9.17) is 5.11 Å². The van der Waals surface area contributed by atoms with E-state index in [2.05, 4.69) is 24.1 Å². The first-order valence-corrected chi connectivity index (χ1v) is 7.10. The van der Waals surface area contributed by atoms with Crippen LogP contribution in [0, 0.1) is 5.41 Å². The third kappa shape index (κ3) is 4.99. The molecule has 0 saturated heterocycles. The van der Waals surface area contributed by atoms with Crippen LogP contribution in [0.1, 0.15) is 33.6 Å². The number of hydrogen-bond donors (Lipinski definition) is 2. The van der Waals surface area contributed by atoms with Crippen molar-refractivity contribution in [3.8, 4) is 0 Å². The van der Waals surface area contributed by atoms with Gasteiger partial charge in [-0.3, -0.25) is 0 Å². The van der Waals surface area contributed by atoms with Gasteiger partial charge in [-0.2, -0.15) is 0 Å². The average molecular weight is 271 g/mol. The van der Waals surface area contributed by atoms with Gasteiger partial charge in [0.25, 0.3) is 0 Å². The molecule has 1 aliphatic carbocycles. The van der Waals surface area contributed by atoms with Gasteiger partial charge >= 0.3 is 6.03 Å². The minimum Gasteiger partial charge on any atom is -0.395 e. The molecule has 0 heterocycles. The van der Waals surface area contributed by atoms with Gasteiger partial charge in [-0.25, -0.2) is 4.79 Å².